The summed E-state index contributed by atoms with van der Waals surface area (Å²) in [6.45, 7) is 3.97. The summed E-state index contributed by atoms with van der Waals surface area (Å²) in [5.41, 5.74) is 7.08. The summed E-state index contributed by atoms with van der Waals surface area (Å²) in [6, 6.07) is 7.33. The van der Waals surface area contributed by atoms with Crippen LogP contribution >= 0.6 is 0 Å². The van der Waals surface area contributed by atoms with Gasteiger partial charge in [-0.25, -0.2) is 0 Å². The molecule has 3 heteroatoms. The molecule has 0 spiro atoms. The van der Waals surface area contributed by atoms with Crippen LogP contribution in [-0.2, 0) is 0 Å². The molecule has 1 saturated heterocycles. The molecular formula is C15H22N2O. The molecule has 0 atom stereocenters. The number of nitrogens with zero attached hydrogens (tertiary/aromatic N) is 1. The molecule has 0 radical (unpaired) electrons. The highest BCUT2D eigenvalue weighted by molar-refractivity contribution is 5.99. The first-order valence-corrected chi connectivity index (χ1v) is 6.86. The number of hydrogen-bond acceptors (Lipinski definition) is 2. The Morgan fingerprint density at radius 2 is 2.00 bits per heavy atom. The molecule has 1 aliphatic rings. The van der Waals surface area contributed by atoms with E-state index in [-0.39, 0.29) is 5.91 Å². The lowest BCUT2D eigenvalue weighted by Gasteiger charge is -2.32. The summed E-state index contributed by atoms with van der Waals surface area (Å²) < 4.78 is 0. The normalized spacial score (nSPS) is 16.8. The van der Waals surface area contributed by atoms with Gasteiger partial charge in [-0.15, -0.1) is 0 Å². The first kappa shape index (κ1) is 12.9. The van der Waals surface area contributed by atoms with Gasteiger partial charge in [0.05, 0.1) is 5.56 Å². The van der Waals surface area contributed by atoms with Crippen molar-refractivity contribution in [2.75, 3.05) is 18.8 Å². The van der Waals surface area contributed by atoms with Crippen molar-refractivity contribution in [1.29, 1.82) is 0 Å². The number of carbonyl (C=O) groups excluding carboxylic acids is 1. The number of anilines is 1. The molecule has 1 aromatic rings. The molecule has 2 rings (SSSR count). The maximum atomic E-state index is 12.3. The lowest BCUT2D eigenvalue weighted by molar-refractivity contribution is 0.0687. The van der Waals surface area contributed by atoms with E-state index < -0.39 is 0 Å². The largest absolute Gasteiger partial charge is 0.398 e. The van der Waals surface area contributed by atoms with Gasteiger partial charge < -0.3 is 10.6 Å². The van der Waals surface area contributed by atoms with Crippen LogP contribution in [0.4, 0.5) is 5.69 Å². The summed E-state index contributed by atoms with van der Waals surface area (Å²) in [7, 11) is 0. The van der Waals surface area contributed by atoms with Gasteiger partial charge in [0.2, 0.25) is 0 Å². The molecule has 1 amide bonds. The third-order valence-corrected chi connectivity index (χ3v) is 3.79. The predicted molar refractivity (Wildman–Crippen MR) is 74.4 cm³/mol. The van der Waals surface area contributed by atoms with E-state index in [1.807, 2.05) is 23.1 Å². The van der Waals surface area contributed by atoms with Crippen molar-refractivity contribution < 1.29 is 4.79 Å². The van der Waals surface area contributed by atoms with E-state index in [0.29, 0.717) is 11.3 Å². The number of carbonyl (C=O) groups is 1. The quantitative estimate of drug-likeness (QED) is 0.833. The summed E-state index contributed by atoms with van der Waals surface area (Å²) >= 11 is 0. The molecule has 1 aliphatic heterocycles. The fraction of sp³-hybridized carbons (Fsp3) is 0.533. The van der Waals surface area contributed by atoms with Crippen LogP contribution in [0, 0.1) is 5.92 Å². The van der Waals surface area contributed by atoms with Crippen molar-refractivity contribution in [3.8, 4) is 0 Å². The molecule has 18 heavy (non-hydrogen) atoms. The SMILES string of the molecule is CCCC1CCN(C(=O)c2ccccc2N)CC1. The highest BCUT2D eigenvalue weighted by atomic mass is 16.2. The van der Waals surface area contributed by atoms with Crippen molar-refractivity contribution >= 4 is 11.6 Å². The molecule has 0 unspecified atom stereocenters. The number of likely N-dealkylation sites (tertiary alicyclic amines) is 1. The van der Waals surface area contributed by atoms with Gasteiger partial charge in [-0.3, -0.25) is 4.79 Å². The van der Waals surface area contributed by atoms with Gasteiger partial charge >= 0.3 is 0 Å². The molecule has 0 bridgehead atoms. The van der Waals surface area contributed by atoms with Crippen LogP contribution in [0.15, 0.2) is 24.3 Å². The molecular weight excluding hydrogens is 224 g/mol. The summed E-state index contributed by atoms with van der Waals surface area (Å²) in [4.78, 5) is 14.3. The molecule has 98 valence electrons. The van der Waals surface area contributed by atoms with E-state index >= 15 is 0 Å². The maximum absolute atomic E-state index is 12.3. The zero-order valence-electron chi connectivity index (χ0n) is 11.1. The second kappa shape index (κ2) is 5.89. The van der Waals surface area contributed by atoms with E-state index in [1.165, 1.54) is 12.8 Å². The van der Waals surface area contributed by atoms with Crippen molar-refractivity contribution in [2.45, 2.75) is 32.6 Å². The van der Waals surface area contributed by atoms with Crippen LogP contribution in [0.25, 0.3) is 0 Å². The summed E-state index contributed by atoms with van der Waals surface area (Å²) in [6.07, 6.45) is 4.79. The number of benzene rings is 1. The van der Waals surface area contributed by atoms with Crippen molar-refractivity contribution in [3.63, 3.8) is 0 Å². The number of rotatable bonds is 3. The van der Waals surface area contributed by atoms with Gasteiger partial charge in [-0.2, -0.15) is 0 Å². The molecule has 1 heterocycles. The van der Waals surface area contributed by atoms with Gasteiger partial charge in [-0.05, 0) is 30.9 Å². The number of nitrogens with two attached hydrogens (primary N) is 1. The third kappa shape index (κ3) is 2.84. The van der Waals surface area contributed by atoms with E-state index in [0.717, 1.165) is 31.8 Å². The third-order valence-electron chi connectivity index (χ3n) is 3.79. The minimum atomic E-state index is 0.0862. The Kier molecular flexibility index (Phi) is 4.24. The van der Waals surface area contributed by atoms with E-state index in [9.17, 15) is 4.79 Å². The Balaban J connectivity index is 1.98. The van der Waals surface area contributed by atoms with Gasteiger partial charge in [0.1, 0.15) is 0 Å². The van der Waals surface area contributed by atoms with E-state index in [4.69, 9.17) is 5.73 Å². The molecule has 0 saturated carbocycles. The topological polar surface area (TPSA) is 46.3 Å². The lowest BCUT2D eigenvalue weighted by Crippen LogP contribution is -2.38. The van der Waals surface area contributed by atoms with Gasteiger partial charge in [0.25, 0.3) is 5.91 Å². The van der Waals surface area contributed by atoms with Crippen LogP contribution < -0.4 is 5.73 Å². The zero-order chi connectivity index (χ0) is 13.0. The summed E-state index contributed by atoms with van der Waals surface area (Å²) in [5.74, 6) is 0.884. The minimum absolute atomic E-state index is 0.0862. The van der Waals surface area contributed by atoms with Gasteiger partial charge in [0.15, 0.2) is 0 Å². The highest BCUT2D eigenvalue weighted by Gasteiger charge is 2.23. The minimum Gasteiger partial charge on any atom is -0.398 e. The second-order valence-electron chi connectivity index (χ2n) is 5.11. The Labute approximate surface area is 109 Å². The Bertz CT molecular complexity index is 409. The molecule has 1 fully saturated rings. The monoisotopic (exact) mass is 246 g/mol. The van der Waals surface area contributed by atoms with Gasteiger partial charge in [0, 0.05) is 18.8 Å². The van der Waals surface area contributed by atoms with Gasteiger partial charge in [-0.1, -0.05) is 31.9 Å². The predicted octanol–water partition coefficient (Wildman–Crippen LogP) is 2.92. The number of para-hydroxylation sites is 1. The Morgan fingerprint density at radius 1 is 1.33 bits per heavy atom. The molecule has 3 nitrogen and oxygen atoms in total. The van der Waals surface area contributed by atoms with Crippen molar-refractivity contribution in [1.82, 2.24) is 4.90 Å². The van der Waals surface area contributed by atoms with E-state index in [2.05, 4.69) is 6.92 Å². The Hall–Kier alpha value is -1.51. The van der Waals surface area contributed by atoms with Crippen LogP contribution in [0.3, 0.4) is 0 Å². The molecule has 1 aromatic carbocycles. The number of hydrogen-bond donors (Lipinski definition) is 1. The molecule has 0 aliphatic carbocycles. The molecule has 2 N–H and O–H groups in total. The van der Waals surface area contributed by atoms with Crippen LogP contribution in [-0.4, -0.2) is 23.9 Å². The van der Waals surface area contributed by atoms with E-state index in [1.54, 1.807) is 6.07 Å². The van der Waals surface area contributed by atoms with Crippen molar-refractivity contribution in [3.05, 3.63) is 29.8 Å². The number of piperidine rings is 1. The standard InChI is InChI=1S/C15H22N2O/c1-2-5-12-8-10-17(11-9-12)15(18)13-6-3-4-7-14(13)16/h3-4,6-7,12H,2,5,8-11,16H2,1H3. The Morgan fingerprint density at radius 3 is 2.61 bits per heavy atom. The first-order valence-electron chi connectivity index (χ1n) is 6.86. The van der Waals surface area contributed by atoms with Crippen LogP contribution in [0.2, 0.25) is 0 Å². The fourth-order valence-electron chi connectivity index (χ4n) is 2.70. The molecule has 0 aromatic heterocycles. The average molecular weight is 246 g/mol. The number of nitrogen functional groups attached to an aromatic ring is 1. The zero-order valence-corrected chi connectivity index (χ0v) is 11.1. The van der Waals surface area contributed by atoms with Crippen molar-refractivity contribution in [2.24, 2.45) is 5.92 Å². The van der Waals surface area contributed by atoms with Crippen LogP contribution in [0.1, 0.15) is 43.0 Å². The lowest BCUT2D eigenvalue weighted by atomic mass is 9.92. The first-order chi connectivity index (χ1) is 8.72. The van der Waals surface area contributed by atoms with Crippen LogP contribution in [0.5, 0.6) is 0 Å². The second-order valence-corrected chi connectivity index (χ2v) is 5.11. The summed E-state index contributed by atoms with van der Waals surface area (Å²) in [5, 5.41) is 0. The fourth-order valence-corrected chi connectivity index (χ4v) is 2.70. The maximum Gasteiger partial charge on any atom is 0.255 e. The number of amides is 1. The highest BCUT2D eigenvalue weighted by Crippen LogP contribution is 2.23. The smallest absolute Gasteiger partial charge is 0.255 e. The average Bonchev–Trinajstić information content (AvgIpc) is 2.40.